The summed E-state index contributed by atoms with van der Waals surface area (Å²) in [4.78, 5) is 12.7. The molecule has 0 bridgehead atoms. The van der Waals surface area contributed by atoms with E-state index in [9.17, 15) is 9.18 Å². The molecule has 2 aliphatic heterocycles. The number of halogens is 2. The molecular weight excluding hydrogens is 397 g/mol. The second kappa shape index (κ2) is 9.65. The first-order chi connectivity index (χ1) is 13.7. The third-order valence-electron chi connectivity index (χ3n) is 5.92. The van der Waals surface area contributed by atoms with E-state index in [0.29, 0.717) is 25.5 Å². The number of hydrogen-bond acceptors (Lipinski definition) is 5. The lowest BCUT2D eigenvalue weighted by Crippen LogP contribution is -2.44. The fourth-order valence-corrected chi connectivity index (χ4v) is 4.10. The molecule has 29 heavy (non-hydrogen) atoms. The summed E-state index contributed by atoms with van der Waals surface area (Å²) in [6, 6.07) is 6.84. The molecule has 0 aliphatic carbocycles. The molecule has 2 aliphatic rings. The molecule has 0 spiro atoms. The van der Waals surface area contributed by atoms with Crippen molar-refractivity contribution in [2.75, 3.05) is 32.8 Å². The highest BCUT2D eigenvalue weighted by atomic mass is 35.5. The SMILES string of the molecule is Cl.O=C(NCC1(c2ccc(F)cc2)CCOCC1)c1cn(C2CCNCC2)nn1. The maximum absolute atomic E-state index is 13.4. The molecule has 158 valence electrons. The Morgan fingerprint density at radius 2 is 1.93 bits per heavy atom. The Morgan fingerprint density at radius 3 is 2.62 bits per heavy atom. The summed E-state index contributed by atoms with van der Waals surface area (Å²) in [7, 11) is 0. The van der Waals surface area contributed by atoms with Crippen LogP contribution in [0.4, 0.5) is 4.39 Å². The lowest BCUT2D eigenvalue weighted by atomic mass is 9.74. The predicted molar refractivity (Wildman–Crippen MR) is 109 cm³/mol. The van der Waals surface area contributed by atoms with Gasteiger partial charge < -0.3 is 15.4 Å². The van der Waals surface area contributed by atoms with Gasteiger partial charge in [0, 0.05) is 25.2 Å². The quantitative estimate of drug-likeness (QED) is 0.770. The molecule has 1 amide bonds. The van der Waals surface area contributed by atoms with Crippen molar-refractivity contribution in [1.82, 2.24) is 25.6 Å². The van der Waals surface area contributed by atoms with E-state index < -0.39 is 0 Å². The minimum atomic E-state index is -0.260. The van der Waals surface area contributed by atoms with Crippen LogP contribution in [0.3, 0.4) is 0 Å². The fourth-order valence-electron chi connectivity index (χ4n) is 4.10. The topological polar surface area (TPSA) is 81.1 Å². The van der Waals surface area contributed by atoms with Crippen molar-refractivity contribution in [1.29, 1.82) is 0 Å². The van der Waals surface area contributed by atoms with E-state index >= 15 is 0 Å². The van der Waals surface area contributed by atoms with Crippen LogP contribution in [0.25, 0.3) is 0 Å². The molecule has 0 saturated carbocycles. The minimum Gasteiger partial charge on any atom is -0.381 e. The average Bonchev–Trinajstić information content (AvgIpc) is 3.24. The Morgan fingerprint density at radius 1 is 1.24 bits per heavy atom. The molecule has 0 unspecified atom stereocenters. The first-order valence-corrected chi connectivity index (χ1v) is 9.91. The number of rotatable bonds is 5. The van der Waals surface area contributed by atoms with Crippen molar-refractivity contribution in [2.45, 2.75) is 37.1 Å². The Labute approximate surface area is 175 Å². The Hall–Kier alpha value is -2.03. The van der Waals surface area contributed by atoms with Crippen LogP contribution in [0.5, 0.6) is 0 Å². The van der Waals surface area contributed by atoms with E-state index in [4.69, 9.17) is 4.74 Å². The van der Waals surface area contributed by atoms with E-state index in [0.717, 1.165) is 44.3 Å². The minimum absolute atomic E-state index is 0. The van der Waals surface area contributed by atoms with Crippen molar-refractivity contribution in [3.8, 4) is 0 Å². The number of piperidine rings is 1. The number of aromatic nitrogens is 3. The molecular formula is C20H27ClFN5O2. The maximum Gasteiger partial charge on any atom is 0.273 e. The van der Waals surface area contributed by atoms with Gasteiger partial charge in [0.2, 0.25) is 0 Å². The highest BCUT2D eigenvalue weighted by Gasteiger charge is 2.35. The standard InChI is InChI=1S/C20H26FN5O2.ClH/c21-16-3-1-15(2-4-16)20(7-11-28-12-8-20)14-23-19(27)18-13-26(25-24-18)17-5-9-22-10-6-17;/h1-4,13,17,22H,5-12,14H2,(H,23,27);1H. The summed E-state index contributed by atoms with van der Waals surface area (Å²) in [6.45, 7) is 3.61. The van der Waals surface area contributed by atoms with Gasteiger partial charge in [-0.1, -0.05) is 17.3 Å². The molecule has 0 atom stereocenters. The molecule has 2 aromatic rings. The van der Waals surface area contributed by atoms with Gasteiger partial charge in [0.15, 0.2) is 5.69 Å². The van der Waals surface area contributed by atoms with Gasteiger partial charge in [-0.2, -0.15) is 0 Å². The van der Waals surface area contributed by atoms with Crippen LogP contribution < -0.4 is 10.6 Å². The monoisotopic (exact) mass is 423 g/mol. The molecule has 9 heteroatoms. The molecule has 1 aromatic heterocycles. The van der Waals surface area contributed by atoms with Gasteiger partial charge >= 0.3 is 0 Å². The van der Waals surface area contributed by atoms with Gasteiger partial charge in [-0.15, -0.1) is 17.5 Å². The van der Waals surface area contributed by atoms with Crippen LogP contribution in [0, 0.1) is 5.82 Å². The van der Waals surface area contributed by atoms with E-state index in [1.54, 1.807) is 23.0 Å². The Kier molecular flexibility index (Phi) is 7.21. The number of carbonyl (C=O) groups is 1. The number of benzene rings is 1. The van der Waals surface area contributed by atoms with Crippen LogP contribution in [0.15, 0.2) is 30.5 Å². The van der Waals surface area contributed by atoms with Gasteiger partial charge in [-0.25, -0.2) is 9.07 Å². The van der Waals surface area contributed by atoms with Crippen LogP contribution in [-0.2, 0) is 10.2 Å². The molecule has 3 heterocycles. The zero-order valence-corrected chi connectivity index (χ0v) is 17.1. The number of carbonyl (C=O) groups excluding carboxylic acids is 1. The summed E-state index contributed by atoms with van der Waals surface area (Å²) in [5, 5.41) is 14.6. The Bertz CT molecular complexity index is 801. The normalized spacial score (nSPS) is 19.3. The summed E-state index contributed by atoms with van der Waals surface area (Å²) >= 11 is 0. The zero-order chi connectivity index (χ0) is 19.4. The molecule has 2 N–H and O–H groups in total. The summed E-state index contributed by atoms with van der Waals surface area (Å²) < 4.78 is 20.7. The van der Waals surface area contributed by atoms with E-state index in [1.807, 2.05) is 0 Å². The number of hydrogen-bond donors (Lipinski definition) is 2. The van der Waals surface area contributed by atoms with Gasteiger partial charge in [0.05, 0.1) is 12.2 Å². The Balaban J connectivity index is 0.00000240. The average molecular weight is 424 g/mol. The van der Waals surface area contributed by atoms with E-state index in [-0.39, 0.29) is 35.6 Å². The van der Waals surface area contributed by atoms with Crippen LogP contribution >= 0.6 is 12.4 Å². The smallest absolute Gasteiger partial charge is 0.273 e. The number of nitrogens with zero attached hydrogens (tertiary/aromatic N) is 3. The van der Waals surface area contributed by atoms with Crippen LogP contribution in [-0.4, -0.2) is 53.7 Å². The molecule has 2 saturated heterocycles. The van der Waals surface area contributed by atoms with E-state index in [2.05, 4.69) is 20.9 Å². The maximum atomic E-state index is 13.4. The van der Waals surface area contributed by atoms with Crippen LogP contribution in [0.1, 0.15) is 47.8 Å². The summed E-state index contributed by atoms with van der Waals surface area (Å²) in [6.07, 6.45) is 5.26. The first kappa shape index (κ1) is 21.7. The van der Waals surface area contributed by atoms with Crippen molar-refractivity contribution in [3.63, 3.8) is 0 Å². The molecule has 0 radical (unpaired) electrons. The third kappa shape index (κ3) is 4.94. The third-order valence-corrected chi connectivity index (χ3v) is 5.92. The summed E-state index contributed by atoms with van der Waals surface area (Å²) in [5.74, 6) is -0.488. The lowest BCUT2D eigenvalue weighted by molar-refractivity contribution is 0.0486. The second-order valence-electron chi connectivity index (χ2n) is 7.65. The van der Waals surface area contributed by atoms with Gasteiger partial charge in [-0.3, -0.25) is 4.79 Å². The fraction of sp³-hybridized carbons (Fsp3) is 0.550. The highest BCUT2D eigenvalue weighted by Crippen LogP contribution is 2.34. The van der Waals surface area contributed by atoms with Crippen molar-refractivity contribution in [2.24, 2.45) is 0 Å². The molecule has 4 rings (SSSR count). The predicted octanol–water partition coefficient (Wildman–Crippen LogP) is 2.24. The molecule has 7 nitrogen and oxygen atoms in total. The second-order valence-corrected chi connectivity index (χ2v) is 7.65. The highest BCUT2D eigenvalue weighted by molar-refractivity contribution is 5.91. The molecule has 2 fully saturated rings. The first-order valence-electron chi connectivity index (χ1n) is 9.91. The van der Waals surface area contributed by atoms with Gasteiger partial charge in [-0.05, 0) is 56.5 Å². The van der Waals surface area contributed by atoms with Crippen molar-refractivity contribution in [3.05, 3.63) is 47.5 Å². The van der Waals surface area contributed by atoms with Gasteiger partial charge in [0.1, 0.15) is 5.82 Å². The van der Waals surface area contributed by atoms with Gasteiger partial charge in [0.25, 0.3) is 5.91 Å². The van der Waals surface area contributed by atoms with E-state index in [1.165, 1.54) is 12.1 Å². The van der Waals surface area contributed by atoms with Crippen LogP contribution in [0.2, 0.25) is 0 Å². The lowest BCUT2D eigenvalue weighted by Gasteiger charge is -2.37. The van der Waals surface area contributed by atoms with Crippen molar-refractivity contribution < 1.29 is 13.9 Å². The number of nitrogens with one attached hydrogen (secondary N) is 2. The van der Waals surface area contributed by atoms with Crippen molar-refractivity contribution >= 4 is 18.3 Å². The zero-order valence-electron chi connectivity index (χ0n) is 16.3. The largest absolute Gasteiger partial charge is 0.381 e. The number of ether oxygens (including phenoxy) is 1. The molecule has 1 aromatic carbocycles. The number of amides is 1. The summed E-state index contributed by atoms with van der Waals surface area (Å²) in [5.41, 5.74) is 1.10.